The van der Waals surface area contributed by atoms with Gasteiger partial charge < -0.3 is 15.1 Å². The van der Waals surface area contributed by atoms with E-state index in [2.05, 4.69) is 15.6 Å². The summed E-state index contributed by atoms with van der Waals surface area (Å²) in [5, 5.41) is 5.41. The van der Waals surface area contributed by atoms with Crippen molar-refractivity contribution in [3.63, 3.8) is 0 Å². The molecular formula is C24H30N4O6S. The Morgan fingerprint density at radius 3 is 2.60 bits per heavy atom. The normalized spacial score (nSPS) is 20.8. The lowest BCUT2D eigenvalue weighted by Crippen LogP contribution is -2.52. The molecule has 2 aromatic rings. The van der Waals surface area contributed by atoms with Crippen LogP contribution in [0.1, 0.15) is 55.5 Å². The van der Waals surface area contributed by atoms with Gasteiger partial charge in [-0.2, -0.15) is 4.31 Å². The first kappa shape index (κ1) is 25.1. The molecule has 35 heavy (non-hydrogen) atoms. The monoisotopic (exact) mass is 502 g/mol. The summed E-state index contributed by atoms with van der Waals surface area (Å²) >= 11 is 0. The molecule has 0 aromatic carbocycles. The average molecular weight is 503 g/mol. The number of rotatable bonds is 8. The highest BCUT2D eigenvalue weighted by atomic mass is 32.2. The number of Topliss-reactive ketones (excluding diaryl/α,β-unsaturated/α-hetero) is 1. The van der Waals surface area contributed by atoms with Gasteiger partial charge in [0.05, 0.1) is 18.8 Å². The smallest absolute Gasteiger partial charge is 0.287 e. The lowest BCUT2D eigenvalue weighted by atomic mass is 9.97. The Hall–Kier alpha value is -3.05. The fourth-order valence-electron chi connectivity index (χ4n) is 4.71. The zero-order chi connectivity index (χ0) is 24.8. The molecule has 1 saturated carbocycles. The predicted octanol–water partition coefficient (Wildman–Crippen LogP) is 1.89. The maximum absolute atomic E-state index is 13.2. The Kier molecular flexibility index (Phi) is 7.97. The van der Waals surface area contributed by atoms with E-state index in [1.807, 2.05) is 0 Å². The van der Waals surface area contributed by atoms with Crippen molar-refractivity contribution >= 4 is 27.6 Å². The third-order valence-corrected chi connectivity index (χ3v) is 8.35. The van der Waals surface area contributed by atoms with Gasteiger partial charge in [0, 0.05) is 12.7 Å². The molecule has 1 aliphatic carbocycles. The van der Waals surface area contributed by atoms with Gasteiger partial charge in [-0.1, -0.05) is 31.7 Å². The minimum absolute atomic E-state index is 0.107. The summed E-state index contributed by atoms with van der Waals surface area (Å²) in [4.78, 5) is 42.7. The van der Waals surface area contributed by atoms with Crippen molar-refractivity contribution in [1.82, 2.24) is 19.9 Å². The van der Waals surface area contributed by atoms with Gasteiger partial charge in [-0.25, -0.2) is 13.4 Å². The van der Waals surface area contributed by atoms with Crippen molar-refractivity contribution in [3.8, 4) is 0 Å². The van der Waals surface area contributed by atoms with Crippen molar-refractivity contribution in [2.75, 3.05) is 13.1 Å². The Bertz CT molecular complexity index is 1130. The number of hydrogen-bond donors (Lipinski definition) is 2. The minimum Gasteiger partial charge on any atom is -0.459 e. The first-order valence-electron chi connectivity index (χ1n) is 11.9. The van der Waals surface area contributed by atoms with Gasteiger partial charge in [-0.05, 0) is 49.4 Å². The molecule has 11 heteroatoms. The number of nitrogens with zero attached hydrogens (tertiary/aromatic N) is 2. The van der Waals surface area contributed by atoms with Crippen LogP contribution in [0.5, 0.6) is 0 Å². The fraction of sp³-hybridized carbons (Fsp3) is 0.500. The average Bonchev–Trinajstić information content (AvgIpc) is 3.54. The molecule has 2 N–H and O–H groups in total. The van der Waals surface area contributed by atoms with Crippen LogP contribution in [0.3, 0.4) is 0 Å². The number of sulfonamides is 1. The number of amides is 2. The molecule has 4 rings (SSSR count). The summed E-state index contributed by atoms with van der Waals surface area (Å²) in [7, 11) is -3.92. The van der Waals surface area contributed by atoms with E-state index >= 15 is 0 Å². The van der Waals surface area contributed by atoms with E-state index in [4.69, 9.17) is 4.42 Å². The molecule has 1 aliphatic heterocycles. The zero-order valence-corrected chi connectivity index (χ0v) is 20.2. The number of hydrogen-bond acceptors (Lipinski definition) is 7. The highest BCUT2D eigenvalue weighted by Crippen LogP contribution is 2.29. The molecular weight excluding hydrogens is 472 g/mol. The summed E-state index contributed by atoms with van der Waals surface area (Å²) in [6.45, 7) is -0.201. The van der Waals surface area contributed by atoms with E-state index in [1.165, 1.54) is 24.6 Å². The second-order valence-electron chi connectivity index (χ2n) is 9.07. The summed E-state index contributed by atoms with van der Waals surface area (Å²) in [5.74, 6) is -0.918. The van der Waals surface area contributed by atoms with Gasteiger partial charge in [-0.15, -0.1) is 0 Å². The van der Waals surface area contributed by atoms with Gasteiger partial charge in [0.15, 0.2) is 16.6 Å². The highest BCUT2D eigenvalue weighted by Gasteiger charge is 2.35. The fourth-order valence-corrected chi connectivity index (χ4v) is 6.08. The Morgan fingerprint density at radius 1 is 1.11 bits per heavy atom. The van der Waals surface area contributed by atoms with Crippen molar-refractivity contribution in [1.29, 1.82) is 0 Å². The number of nitrogens with one attached hydrogen (secondary N) is 2. The number of aromatic nitrogens is 1. The van der Waals surface area contributed by atoms with Gasteiger partial charge in [0.1, 0.15) is 6.04 Å². The second kappa shape index (κ2) is 11.1. The first-order valence-corrected chi connectivity index (χ1v) is 13.4. The van der Waals surface area contributed by atoms with Crippen LogP contribution in [-0.2, 0) is 19.6 Å². The summed E-state index contributed by atoms with van der Waals surface area (Å²) in [6, 6.07) is 6.04. The maximum atomic E-state index is 13.2. The quantitative estimate of drug-likeness (QED) is 0.562. The zero-order valence-electron chi connectivity index (χ0n) is 19.4. The van der Waals surface area contributed by atoms with E-state index < -0.39 is 39.7 Å². The van der Waals surface area contributed by atoms with E-state index in [9.17, 15) is 22.8 Å². The largest absolute Gasteiger partial charge is 0.459 e. The van der Waals surface area contributed by atoms with Crippen molar-refractivity contribution in [3.05, 3.63) is 48.6 Å². The number of carbonyl (C=O) groups is 3. The van der Waals surface area contributed by atoms with Crippen LogP contribution in [0.25, 0.3) is 0 Å². The van der Waals surface area contributed by atoms with Crippen LogP contribution in [0, 0.1) is 5.92 Å². The third kappa shape index (κ3) is 6.15. The summed E-state index contributed by atoms with van der Waals surface area (Å²) in [5.41, 5.74) is 0. The molecule has 2 amide bonds. The van der Waals surface area contributed by atoms with Gasteiger partial charge in [0.2, 0.25) is 5.91 Å². The third-order valence-electron chi connectivity index (χ3n) is 6.59. The Balaban J connectivity index is 1.43. The molecule has 1 unspecified atom stereocenters. The molecule has 1 saturated heterocycles. The molecule has 2 atom stereocenters. The van der Waals surface area contributed by atoms with E-state index in [-0.39, 0.29) is 23.9 Å². The molecule has 2 aliphatic rings. The first-order chi connectivity index (χ1) is 16.8. The highest BCUT2D eigenvalue weighted by molar-refractivity contribution is 7.89. The predicted molar refractivity (Wildman–Crippen MR) is 126 cm³/mol. The van der Waals surface area contributed by atoms with Crippen LogP contribution in [-0.4, -0.2) is 60.5 Å². The van der Waals surface area contributed by atoms with Crippen LogP contribution in [0.2, 0.25) is 0 Å². The molecule has 3 heterocycles. The Morgan fingerprint density at radius 2 is 1.91 bits per heavy atom. The van der Waals surface area contributed by atoms with Gasteiger partial charge in [-0.3, -0.25) is 14.4 Å². The lowest BCUT2D eigenvalue weighted by molar-refractivity contribution is -0.129. The van der Waals surface area contributed by atoms with Crippen molar-refractivity contribution in [2.24, 2.45) is 5.92 Å². The Labute approximate surface area is 204 Å². The molecule has 0 spiro atoms. The van der Waals surface area contributed by atoms with Crippen molar-refractivity contribution < 1.29 is 27.2 Å². The van der Waals surface area contributed by atoms with E-state index in [0.717, 1.165) is 30.0 Å². The minimum atomic E-state index is -3.92. The lowest BCUT2D eigenvalue weighted by Gasteiger charge is -2.24. The topological polar surface area (TPSA) is 139 Å². The van der Waals surface area contributed by atoms with Gasteiger partial charge >= 0.3 is 0 Å². The molecule has 0 bridgehead atoms. The molecule has 10 nitrogen and oxygen atoms in total. The number of ketones is 1. The van der Waals surface area contributed by atoms with Crippen molar-refractivity contribution in [2.45, 2.75) is 62.1 Å². The van der Waals surface area contributed by atoms with Crippen LogP contribution in [0.4, 0.5) is 0 Å². The van der Waals surface area contributed by atoms with Crippen LogP contribution in [0.15, 0.2) is 52.2 Å². The van der Waals surface area contributed by atoms with E-state index in [1.54, 1.807) is 18.2 Å². The van der Waals surface area contributed by atoms with Crippen LogP contribution >= 0.6 is 0 Å². The summed E-state index contributed by atoms with van der Waals surface area (Å²) in [6.07, 6.45) is 8.11. The van der Waals surface area contributed by atoms with E-state index in [0.29, 0.717) is 25.2 Å². The number of furan rings is 1. The molecule has 2 aromatic heterocycles. The molecule has 2 fully saturated rings. The second-order valence-corrected chi connectivity index (χ2v) is 11.0. The molecule has 188 valence electrons. The maximum Gasteiger partial charge on any atom is 0.287 e. The standard InChI is InChI=1S/C24H30N4O6S/c29-20-16-28(35(32,33)22-11-3-4-12-25-22)13-5-9-18(20)26-23(30)19(15-17-7-1-2-8-17)27-24(31)21-10-6-14-34-21/h3-4,6,10-12,14,17-19H,1-2,5,7-9,13,15-16H2,(H,26,30)(H,27,31)/t18-,19?/m0/s1. The van der Waals surface area contributed by atoms with Crippen LogP contribution < -0.4 is 10.6 Å². The SMILES string of the molecule is O=C(NC(CC1CCCC1)C(=O)N[C@H]1CCCN(S(=O)(=O)c2ccccn2)CC1=O)c1ccco1. The molecule has 0 radical (unpaired) electrons. The number of pyridine rings is 1. The number of carbonyl (C=O) groups excluding carboxylic acids is 3. The summed E-state index contributed by atoms with van der Waals surface area (Å²) < 4.78 is 32.1. The van der Waals surface area contributed by atoms with Gasteiger partial charge in [0.25, 0.3) is 15.9 Å².